The summed E-state index contributed by atoms with van der Waals surface area (Å²) in [5.41, 5.74) is -1.29. The van der Waals surface area contributed by atoms with Crippen LogP contribution in [-0.4, -0.2) is 51.1 Å². The minimum Gasteiger partial charge on any atom is -0.477 e. The lowest BCUT2D eigenvalue weighted by atomic mass is 10.2. The first-order valence-electron chi connectivity index (χ1n) is 5.90. The van der Waals surface area contributed by atoms with Crippen LogP contribution in [0.15, 0.2) is 17.0 Å². The number of ether oxygens (including phenoxy) is 1. The van der Waals surface area contributed by atoms with Gasteiger partial charge in [-0.3, -0.25) is 0 Å². The molecule has 1 rings (SSSR count). The fourth-order valence-electron chi connectivity index (χ4n) is 1.65. The van der Waals surface area contributed by atoms with E-state index in [1.54, 1.807) is 0 Å². The van der Waals surface area contributed by atoms with Gasteiger partial charge in [-0.1, -0.05) is 0 Å². The molecular weight excluding hydrogens is 308 g/mol. The van der Waals surface area contributed by atoms with Gasteiger partial charge in [-0.05, 0) is 18.6 Å². The number of hydrogen-bond acceptors (Lipinski definition) is 4. The second-order valence-electron chi connectivity index (χ2n) is 4.21. The number of rotatable bonds is 7. The molecule has 0 bridgehead atoms. The van der Waals surface area contributed by atoms with Crippen LogP contribution in [0.25, 0.3) is 0 Å². The van der Waals surface area contributed by atoms with Crippen LogP contribution >= 0.6 is 0 Å². The standard InChI is InChI=1S/C12H15F2NO5S/c1-15(6-3-7-20-2)21(18,19)9-5-4-8(13)10(11(9)14)12(16)17/h4-5H,3,6-7H2,1-2H3,(H,16,17). The minimum absolute atomic E-state index is 0.0510. The number of methoxy groups -OCH3 is 1. The van der Waals surface area contributed by atoms with Gasteiger partial charge in [0.2, 0.25) is 10.0 Å². The molecule has 118 valence electrons. The summed E-state index contributed by atoms with van der Waals surface area (Å²) in [5, 5.41) is 8.74. The van der Waals surface area contributed by atoms with Crippen LogP contribution in [0.5, 0.6) is 0 Å². The molecule has 0 amide bonds. The normalized spacial score (nSPS) is 11.9. The highest BCUT2D eigenvalue weighted by Gasteiger charge is 2.29. The molecule has 0 saturated heterocycles. The summed E-state index contributed by atoms with van der Waals surface area (Å²) in [4.78, 5) is 9.92. The van der Waals surface area contributed by atoms with Crippen molar-refractivity contribution in [2.75, 3.05) is 27.3 Å². The molecule has 21 heavy (non-hydrogen) atoms. The lowest BCUT2D eigenvalue weighted by molar-refractivity contribution is 0.0685. The maximum Gasteiger partial charge on any atom is 0.341 e. The molecule has 1 aromatic rings. The maximum absolute atomic E-state index is 14.0. The first kappa shape index (κ1) is 17.5. The van der Waals surface area contributed by atoms with Crippen LogP contribution in [0.4, 0.5) is 8.78 Å². The lowest BCUT2D eigenvalue weighted by Crippen LogP contribution is -2.30. The number of carboxylic acids is 1. The van der Waals surface area contributed by atoms with E-state index in [2.05, 4.69) is 0 Å². The summed E-state index contributed by atoms with van der Waals surface area (Å²) >= 11 is 0. The van der Waals surface area contributed by atoms with Crippen LogP contribution in [0.2, 0.25) is 0 Å². The Balaban J connectivity index is 3.20. The van der Waals surface area contributed by atoms with E-state index in [1.165, 1.54) is 14.2 Å². The number of carboxylic acid groups (broad SMARTS) is 1. The largest absolute Gasteiger partial charge is 0.477 e. The van der Waals surface area contributed by atoms with Crippen molar-refractivity contribution in [2.45, 2.75) is 11.3 Å². The van der Waals surface area contributed by atoms with Crippen molar-refractivity contribution in [3.05, 3.63) is 29.3 Å². The molecule has 1 aromatic carbocycles. The Labute approximate surface area is 121 Å². The molecule has 6 nitrogen and oxygen atoms in total. The number of sulfonamides is 1. The van der Waals surface area contributed by atoms with E-state index in [0.717, 1.165) is 4.31 Å². The van der Waals surface area contributed by atoms with Gasteiger partial charge in [-0.15, -0.1) is 0 Å². The molecule has 1 N–H and O–H groups in total. The number of halogens is 2. The van der Waals surface area contributed by atoms with Crippen molar-refractivity contribution in [3.8, 4) is 0 Å². The highest BCUT2D eigenvalue weighted by molar-refractivity contribution is 7.89. The fraction of sp³-hybridized carbons (Fsp3) is 0.417. The Morgan fingerprint density at radius 3 is 2.52 bits per heavy atom. The van der Waals surface area contributed by atoms with Crippen molar-refractivity contribution in [1.29, 1.82) is 0 Å². The molecule has 0 spiro atoms. The number of nitrogens with zero attached hydrogens (tertiary/aromatic N) is 1. The average molecular weight is 323 g/mol. The first-order chi connectivity index (χ1) is 9.73. The second kappa shape index (κ2) is 6.92. The number of aromatic carboxylic acids is 1. The zero-order chi connectivity index (χ0) is 16.2. The van der Waals surface area contributed by atoms with E-state index in [-0.39, 0.29) is 6.54 Å². The monoisotopic (exact) mass is 323 g/mol. The first-order valence-corrected chi connectivity index (χ1v) is 7.34. The van der Waals surface area contributed by atoms with E-state index < -0.39 is 38.1 Å². The van der Waals surface area contributed by atoms with Gasteiger partial charge in [-0.2, -0.15) is 0 Å². The molecule has 0 aliphatic carbocycles. The lowest BCUT2D eigenvalue weighted by Gasteiger charge is -2.18. The van der Waals surface area contributed by atoms with Crippen molar-refractivity contribution < 1.29 is 31.8 Å². The van der Waals surface area contributed by atoms with Gasteiger partial charge in [0.25, 0.3) is 0 Å². The average Bonchev–Trinajstić information content (AvgIpc) is 2.38. The Kier molecular flexibility index (Phi) is 5.76. The van der Waals surface area contributed by atoms with Crippen LogP contribution in [-0.2, 0) is 14.8 Å². The van der Waals surface area contributed by atoms with Gasteiger partial charge in [-0.25, -0.2) is 26.3 Å². The van der Waals surface area contributed by atoms with Gasteiger partial charge in [0.1, 0.15) is 16.3 Å². The summed E-state index contributed by atoms with van der Waals surface area (Å²) in [6.45, 7) is 0.363. The van der Waals surface area contributed by atoms with Crippen molar-refractivity contribution in [3.63, 3.8) is 0 Å². The number of hydrogen-bond donors (Lipinski definition) is 1. The molecule has 0 aliphatic rings. The SMILES string of the molecule is COCCCN(C)S(=O)(=O)c1ccc(F)c(C(=O)O)c1F. The molecule has 0 aromatic heterocycles. The Bertz CT molecular complexity index is 633. The third kappa shape index (κ3) is 3.74. The topological polar surface area (TPSA) is 83.9 Å². The molecule has 0 saturated carbocycles. The van der Waals surface area contributed by atoms with Gasteiger partial charge in [0.05, 0.1) is 0 Å². The van der Waals surface area contributed by atoms with Crippen LogP contribution in [0, 0.1) is 11.6 Å². The van der Waals surface area contributed by atoms with Crippen LogP contribution in [0.3, 0.4) is 0 Å². The van der Waals surface area contributed by atoms with Gasteiger partial charge in [0.15, 0.2) is 5.82 Å². The molecule has 0 heterocycles. The Morgan fingerprint density at radius 2 is 2.00 bits per heavy atom. The Morgan fingerprint density at radius 1 is 1.38 bits per heavy atom. The molecule has 9 heteroatoms. The molecular formula is C12H15F2NO5S. The van der Waals surface area contributed by atoms with Crippen LogP contribution < -0.4 is 0 Å². The smallest absolute Gasteiger partial charge is 0.341 e. The zero-order valence-corrected chi connectivity index (χ0v) is 12.3. The summed E-state index contributed by atoms with van der Waals surface area (Å²) in [5.74, 6) is -4.81. The minimum atomic E-state index is -4.25. The highest BCUT2D eigenvalue weighted by Crippen LogP contribution is 2.23. The fourth-order valence-corrected chi connectivity index (χ4v) is 2.92. The van der Waals surface area contributed by atoms with E-state index in [1.807, 2.05) is 0 Å². The maximum atomic E-state index is 14.0. The summed E-state index contributed by atoms with van der Waals surface area (Å²) < 4.78 is 57.2. The second-order valence-corrected chi connectivity index (χ2v) is 6.23. The van der Waals surface area contributed by atoms with E-state index in [4.69, 9.17) is 9.84 Å². The van der Waals surface area contributed by atoms with E-state index in [9.17, 15) is 22.0 Å². The van der Waals surface area contributed by atoms with E-state index >= 15 is 0 Å². The van der Waals surface area contributed by atoms with Crippen LogP contribution in [0.1, 0.15) is 16.8 Å². The van der Waals surface area contributed by atoms with Gasteiger partial charge < -0.3 is 9.84 Å². The van der Waals surface area contributed by atoms with E-state index in [0.29, 0.717) is 25.2 Å². The molecule has 0 radical (unpaired) electrons. The summed E-state index contributed by atoms with van der Waals surface area (Å²) in [6.07, 6.45) is 0.376. The predicted molar refractivity (Wildman–Crippen MR) is 69.6 cm³/mol. The van der Waals surface area contributed by atoms with Crippen molar-refractivity contribution in [1.82, 2.24) is 4.31 Å². The number of benzene rings is 1. The third-order valence-electron chi connectivity index (χ3n) is 2.78. The predicted octanol–water partition coefficient (Wildman–Crippen LogP) is 1.32. The molecule has 0 unspecified atom stereocenters. The van der Waals surface area contributed by atoms with Crippen molar-refractivity contribution >= 4 is 16.0 Å². The van der Waals surface area contributed by atoms with Gasteiger partial charge >= 0.3 is 5.97 Å². The highest BCUT2D eigenvalue weighted by atomic mass is 32.2. The quantitative estimate of drug-likeness (QED) is 0.765. The summed E-state index contributed by atoms with van der Waals surface area (Å²) in [7, 11) is -1.58. The number of carbonyl (C=O) groups is 1. The molecule has 0 atom stereocenters. The van der Waals surface area contributed by atoms with Gasteiger partial charge in [0, 0.05) is 27.3 Å². The summed E-state index contributed by atoms with van der Waals surface area (Å²) in [6, 6.07) is 1.32. The third-order valence-corrected chi connectivity index (χ3v) is 4.65. The molecule has 0 aliphatic heterocycles. The van der Waals surface area contributed by atoms with Crippen molar-refractivity contribution in [2.24, 2.45) is 0 Å². The zero-order valence-electron chi connectivity index (χ0n) is 11.5. The molecule has 0 fully saturated rings. The Hall–Kier alpha value is -1.58.